The maximum absolute atomic E-state index is 12.2. The molecule has 1 aliphatic heterocycles. The molecule has 2 heterocycles. The Kier molecular flexibility index (Phi) is 6.01. The van der Waals surface area contributed by atoms with Crippen molar-refractivity contribution in [3.05, 3.63) is 53.4 Å². The summed E-state index contributed by atoms with van der Waals surface area (Å²) in [5, 5.41) is 3.42. The number of rotatable bonds is 5. The fourth-order valence-corrected chi connectivity index (χ4v) is 2.84. The van der Waals surface area contributed by atoms with Gasteiger partial charge >= 0.3 is 6.03 Å². The van der Waals surface area contributed by atoms with Crippen molar-refractivity contribution in [2.75, 3.05) is 39.3 Å². The van der Waals surface area contributed by atoms with E-state index in [9.17, 15) is 9.59 Å². The van der Waals surface area contributed by atoms with E-state index in [-0.39, 0.29) is 11.9 Å². The zero-order valence-electron chi connectivity index (χ0n) is 14.2. The molecule has 0 atom stereocenters. The fourth-order valence-electron chi connectivity index (χ4n) is 2.66. The minimum absolute atomic E-state index is 0.148. The van der Waals surface area contributed by atoms with Gasteiger partial charge in [0, 0.05) is 31.2 Å². The van der Waals surface area contributed by atoms with Crippen molar-refractivity contribution in [1.82, 2.24) is 15.1 Å². The molecule has 1 N–H and O–H groups in total. The number of piperazine rings is 1. The molecule has 1 aliphatic rings. The highest BCUT2D eigenvalue weighted by molar-refractivity contribution is 6.30. The molecule has 1 aromatic carbocycles. The number of halogens is 1. The molecule has 0 bridgehead atoms. The van der Waals surface area contributed by atoms with Gasteiger partial charge in [-0.3, -0.25) is 4.79 Å². The number of furan rings is 1. The Morgan fingerprint density at radius 2 is 1.88 bits per heavy atom. The number of ether oxygens (including phenoxy) is 1. The third kappa shape index (κ3) is 4.70. The summed E-state index contributed by atoms with van der Waals surface area (Å²) in [6, 6.07) is 10.3. The van der Waals surface area contributed by atoms with Crippen molar-refractivity contribution >= 4 is 23.5 Å². The first-order valence-electron chi connectivity index (χ1n) is 8.37. The molecule has 0 saturated carbocycles. The summed E-state index contributed by atoms with van der Waals surface area (Å²) in [5.74, 6) is 0.836. The first-order chi connectivity index (χ1) is 12.6. The lowest BCUT2D eigenvalue weighted by atomic mass is 10.3. The Labute approximate surface area is 156 Å². The van der Waals surface area contributed by atoms with Gasteiger partial charge in [-0.25, -0.2) is 4.79 Å². The summed E-state index contributed by atoms with van der Waals surface area (Å²) in [6.45, 7) is 2.65. The molecule has 2 aromatic rings. The average molecular weight is 378 g/mol. The van der Waals surface area contributed by atoms with Gasteiger partial charge in [0.25, 0.3) is 5.91 Å². The quantitative estimate of drug-likeness (QED) is 0.812. The van der Waals surface area contributed by atoms with E-state index in [0.717, 1.165) is 0 Å². The summed E-state index contributed by atoms with van der Waals surface area (Å²) in [5.41, 5.74) is 0. The maximum atomic E-state index is 12.2. The molecular weight excluding hydrogens is 358 g/mol. The lowest BCUT2D eigenvalue weighted by Crippen LogP contribution is -2.53. The zero-order chi connectivity index (χ0) is 18.4. The lowest BCUT2D eigenvalue weighted by molar-refractivity contribution is 0.0634. The van der Waals surface area contributed by atoms with Crippen molar-refractivity contribution in [2.45, 2.75) is 0 Å². The molecule has 0 aliphatic carbocycles. The predicted octanol–water partition coefficient (Wildman–Crippen LogP) is 2.48. The monoisotopic (exact) mass is 377 g/mol. The summed E-state index contributed by atoms with van der Waals surface area (Å²) in [6.07, 6.45) is 1.47. The second-order valence-corrected chi connectivity index (χ2v) is 6.23. The number of urea groups is 1. The Bertz CT molecular complexity index is 743. The minimum Gasteiger partial charge on any atom is -0.492 e. The normalized spacial score (nSPS) is 14.2. The summed E-state index contributed by atoms with van der Waals surface area (Å²) >= 11 is 5.89. The Balaban J connectivity index is 1.36. The highest BCUT2D eigenvalue weighted by atomic mass is 35.5. The highest BCUT2D eigenvalue weighted by Gasteiger charge is 2.25. The van der Waals surface area contributed by atoms with E-state index in [2.05, 4.69) is 5.32 Å². The van der Waals surface area contributed by atoms with E-state index >= 15 is 0 Å². The van der Waals surface area contributed by atoms with Crippen LogP contribution in [0.5, 0.6) is 5.75 Å². The summed E-state index contributed by atoms with van der Waals surface area (Å²) in [7, 11) is 0. The maximum Gasteiger partial charge on any atom is 0.317 e. The molecule has 3 amide bonds. The molecule has 0 spiro atoms. The molecular formula is C18H20ClN3O4. The number of hydrogen-bond donors (Lipinski definition) is 1. The standard InChI is InChI=1S/C18H20ClN3O4/c19-14-3-1-4-15(13-14)25-12-6-20-18(24)22-9-7-21(8-10-22)17(23)16-5-2-11-26-16/h1-5,11,13H,6-10,12H2,(H,20,24). The van der Waals surface area contributed by atoms with Gasteiger partial charge in [-0.1, -0.05) is 17.7 Å². The number of carbonyl (C=O) groups is 2. The van der Waals surface area contributed by atoms with Crippen LogP contribution in [-0.2, 0) is 0 Å². The lowest BCUT2D eigenvalue weighted by Gasteiger charge is -2.34. The summed E-state index contributed by atoms with van der Waals surface area (Å²) < 4.78 is 10.7. The van der Waals surface area contributed by atoms with Gasteiger partial charge in [-0.05, 0) is 30.3 Å². The van der Waals surface area contributed by atoms with Gasteiger partial charge in [0.2, 0.25) is 0 Å². The van der Waals surface area contributed by atoms with E-state index in [0.29, 0.717) is 55.9 Å². The van der Waals surface area contributed by atoms with Crippen LogP contribution in [0.25, 0.3) is 0 Å². The SMILES string of the molecule is O=C(NCCOc1cccc(Cl)c1)N1CCN(C(=O)c2ccco2)CC1. The van der Waals surface area contributed by atoms with Crippen molar-refractivity contribution in [3.8, 4) is 5.75 Å². The van der Waals surface area contributed by atoms with Crippen LogP contribution >= 0.6 is 11.6 Å². The zero-order valence-corrected chi connectivity index (χ0v) is 14.9. The van der Waals surface area contributed by atoms with Gasteiger partial charge in [-0.15, -0.1) is 0 Å². The number of nitrogens with one attached hydrogen (secondary N) is 1. The van der Waals surface area contributed by atoms with Gasteiger partial charge in [-0.2, -0.15) is 0 Å². The van der Waals surface area contributed by atoms with Gasteiger partial charge in [0.1, 0.15) is 12.4 Å². The van der Waals surface area contributed by atoms with E-state index in [4.69, 9.17) is 20.8 Å². The first-order valence-corrected chi connectivity index (χ1v) is 8.75. The third-order valence-electron chi connectivity index (χ3n) is 4.03. The number of benzene rings is 1. The number of carbonyl (C=O) groups excluding carboxylic acids is 2. The van der Waals surface area contributed by atoms with Crippen LogP contribution in [0.2, 0.25) is 5.02 Å². The highest BCUT2D eigenvalue weighted by Crippen LogP contribution is 2.16. The Morgan fingerprint density at radius 1 is 1.12 bits per heavy atom. The van der Waals surface area contributed by atoms with Crippen molar-refractivity contribution in [2.24, 2.45) is 0 Å². The van der Waals surface area contributed by atoms with Crippen LogP contribution in [0.4, 0.5) is 4.79 Å². The molecule has 0 radical (unpaired) electrons. The fraction of sp³-hybridized carbons (Fsp3) is 0.333. The number of amides is 3. The molecule has 26 heavy (non-hydrogen) atoms. The van der Waals surface area contributed by atoms with Gasteiger partial charge in [0.05, 0.1) is 12.8 Å². The number of nitrogens with zero attached hydrogens (tertiary/aromatic N) is 2. The summed E-state index contributed by atoms with van der Waals surface area (Å²) in [4.78, 5) is 27.8. The average Bonchev–Trinajstić information content (AvgIpc) is 3.19. The largest absolute Gasteiger partial charge is 0.492 e. The van der Waals surface area contributed by atoms with Crippen molar-refractivity contribution in [3.63, 3.8) is 0 Å². The molecule has 0 unspecified atom stereocenters. The molecule has 1 saturated heterocycles. The van der Waals surface area contributed by atoms with E-state index < -0.39 is 0 Å². The molecule has 8 heteroatoms. The molecule has 138 valence electrons. The third-order valence-corrected chi connectivity index (χ3v) is 4.26. The second kappa shape index (κ2) is 8.62. The smallest absolute Gasteiger partial charge is 0.317 e. The molecule has 1 aromatic heterocycles. The van der Waals surface area contributed by atoms with Crippen molar-refractivity contribution < 1.29 is 18.7 Å². The van der Waals surface area contributed by atoms with Crippen LogP contribution in [-0.4, -0.2) is 61.1 Å². The van der Waals surface area contributed by atoms with Crippen LogP contribution in [0.1, 0.15) is 10.6 Å². The van der Waals surface area contributed by atoms with E-state index in [1.807, 2.05) is 6.07 Å². The Morgan fingerprint density at radius 3 is 2.58 bits per heavy atom. The van der Waals surface area contributed by atoms with Crippen LogP contribution < -0.4 is 10.1 Å². The predicted molar refractivity (Wildman–Crippen MR) is 96.5 cm³/mol. The molecule has 3 rings (SSSR count). The minimum atomic E-state index is -0.162. The Hall–Kier alpha value is -2.67. The van der Waals surface area contributed by atoms with Gasteiger partial charge < -0.3 is 24.3 Å². The molecule has 1 fully saturated rings. The first kappa shape index (κ1) is 18.1. The van der Waals surface area contributed by atoms with Gasteiger partial charge in [0.15, 0.2) is 5.76 Å². The van der Waals surface area contributed by atoms with E-state index in [1.165, 1.54) is 6.26 Å². The van der Waals surface area contributed by atoms with Crippen LogP contribution in [0, 0.1) is 0 Å². The van der Waals surface area contributed by atoms with E-state index in [1.54, 1.807) is 40.1 Å². The molecule has 7 nitrogen and oxygen atoms in total. The second-order valence-electron chi connectivity index (χ2n) is 5.79. The number of hydrogen-bond acceptors (Lipinski definition) is 4. The van der Waals surface area contributed by atoms with Crippen molar-refractivity contribution in [1.29, 1.82) is 0 Å². The van der Waals surface area contributed by atoms with Crippen LogP contribution in [0.15, 0.2) is 47.1 Å². The van der Waals surface area contributed by atoms with Crippen LogP contribution in [0.3, 0.4) is 0 Å². The topological polar surface area (TPSA) is 75.0 Å².